The highest BCUT2D eigenvalue weighted by atomic mass is 32.1. The SMILES string of the molecule is CCOc1ccc(-c2nc(C)c(C=O)s2)cc1. The molecule has 4 heteroatoms. The zero-order chi connectivity index (χ0) is 12.3. The minimum absolute atomic E-state index is 0.658. The number of aldehydes is 1. The molecule has 2 rings (SSSR count). The molecular weight excluding hydrogens is 234 g/mol. The van der Waals surface area contributed by atoms with Gasteiger partial charge in [0.15, 0.2) is 6.29 Å². The summed E-state index contributed by atoms with van der Waals surface area (Å²) < 4.78 is 5.37. The molecule has 0 unspecified atom stereocenters. The average molecular weight is 247 g/mol. The van der Waals surface area contributed by atoms with Gasteiger partial charge >= 0.3 is 0 Å². The first-order valence-corrected chi connectivity index (χ1v) is 6.22. The smallest absolute Gasteiger partial charge is 0.161 e. The van der Waals surface area contributed by atoms with E-state index in [2.05, 4.69) is 4.98 Å². The van der Waals surface area contributed by atoms with Crippen LogP contribution in [0.3, 0.4) is 0 Å². The van der Waals surface area contributed by atoms with Crippen LogP contribution in [0.4, 0.5) is 0 Å². The third-order valence-corrected chi connectivity index (χ3v) is 3.48. The number of hydrogen-bond donors (Lipinski definition) is 0. The van der Waals surface area contributed by atoms with E-state index in [-0.39, 0.29) is 0 Å². The molecule has 0 aliphatic heterocycles. The van der Waals surface area contributed by atoms with Gasteiger partial charge in [0.05, 0.1) is 17.2 Å². The van der Waals surface area contributed by atoms with Gasteiger partial charge in [-0.15, -0.1) is 11.3 Å². The fourth-order valence-corrected chi connectivity index (χ4v) is 2.39. The minimum atomic E-state index is 0.658. The van der Waals surface area contributed by atoms with E-state index in [4.69, 9.17) is 4.74 Å². The number of aromatic nitrogens is 1. The highest BCUT2D eigenvalue weighted by Crippen LogP contribution is 2.28. The normalized spacial score (nSPS) is 10.2. The summed E-state index contributed by atoms with van der Waals surface area (Å²) in [6.07, 6.45) is 0.852. The molecule has 0 spiro atoms. The molecule has 1 aromatic carbocycles. The highest BCUT2D eigenvalue weighted by molar-refractivity contribution is 7.16. The fraction of sp³-hybridized carbons (Fsp3) is 0.231. The molecule has 3 nitrogen and oxygen atoms in total. The minimum Gasteiger partial charge on any atom is -0.494 e. The molecule has 0 atom stereocenters. The number of ether oxygens (including phenoxy) is 1. The summed E-state index contributed by atoms with van der Waals surface area (Å²) in [6, 6.07) is 7.74. The Hall–Kier alpha value is -1.68. The van der Waals surface area contributed by atoms with Gasteiger partial charge in [0.25, 0.3) is 0 Å². The lowest BCUT2D eigenvalue weighted by atomic mass is 10.2. The van der Waals surface area contributed by atoms with Gasteiger partial charge in [-0.1, -0.05) is 0 Å². The molecule has 0 aliphatic carbocycles. The second-order valence-electron chi connectivity index (χ2n) is 3.54. The molecule has 1 heterocycles. The predicted molar refractivity (Wildman–Crippen MR) is 68.8 cm³/mol. The van der Waals surface area contributed by atoms with Crippen LogP contribution in [0.2, 0.25) is 0 Å². The lowest BCUT2D eigenvalue weighted by molar-refractivity contribution is 0.112. The summed E-state index contributed by atoms with van der Waals surface area (Å²) in [6.45, 7) is 4.46. The maximum Gasteiger partial charge on any atom is 0.161 e. The number of carbonyl (C=O) groups excluding carboxylic acids is 1. The molecule has 0 aliphatic rings. The lowest BCUT2D eigenvalue weighted by Crippen LogP contribution is -1.90. The molecular formula is C13H13NO2S. The van der Waals surface area contributed by atoms with Gasteiger partial charge in [-0.05, 0) is 38.1 Å². The molecule has 0 radical (unpaired) electrons. The summed E-state index contributed by atoms with van der Waals surface area (Å²) in [7, 11) is 0. The zero-order valence-electron chi connectivity index (χ0n) is 9.77. The van der Waals surface area contributed by atoms with E-state index in [1.54, 1.807) is 0 Å². The Labute approximate surface area is 104 Å². The Morgan fingerprint density at radius 3 is 2.59 bits per heavy atom. The van der Waals surface area contributed by atoms with Gasteiger partial charge in [0.2, 0.25) is 0 Å². The summed E-state index contributed by atoms with van der Waals surface area (Å²) in [5.74, 6) is 0.847. The number of rotatable bonds is 4. The first-order chi connectivity index (χ1) is 8.24. The van der Waals surface area contributed by atoms with Crippen LogP contribution in [0.5, 0.6) is 5.75 Å². The van der Waals surface area contributed by atoms with Crippen molar-refractivity contribution in [2.75, 3.05) is 6.61 Å². The standard InChI is InChI=1S/C13H13NO2S/c1-3-16-11-6-4-10(5-7-11)13-14-9(2)12(8-15)17-13/h4-8H,3H2,1-2H3. The third kappa shape index (κ3) is 2.53. The maximum atomic E-state index is 10.8. The molecule has 1 aromatic heterocycles. The van der Waals surface area contributed by atoms with Gasteiger partial charge in [-0.3, -0.25) is 4.79 Å². The van der Waals surface area contributed by atoms with E-state index >= 15 is 0 Å². The largest absolute Gasteiger partial charge is 0.494 e. The maximum absolute atomic E-state index is 10.8. The van der Waals surface area contributed by atoms with Gasteiger partial charge in [0.1, 0.15) is 10.8 Å². The van der Waals surface area contributed by atoms with Crippen LogP contribution in [0.1, 0.15) is 22.3 Å². The average Bonchev–Trinajstić information content (AvgIpc) is 2.72. The van der Waals surface area contributed by atoms with Gasteiger partial charge < -0.3 is 4.74 Å². The molecule has 0 saturated heterocycles. The number of nitrogens with zero attached hydrogens (tertiary/aromatic N) is 1. The molecule has 17 heavy (non-hydrogen) atoms. The first kappa shape index (κ1) is 11.8. The van der Waals surface area contributed by atoms with Crippen LogP contribution in [-0.2, 0) is 0 Å². The Kier molecular flexibility index (Phi) is 3.54. The first-order valence-electron chi connectivity index (χ1n) is 5.40. The Morgan fingerprint density at radius 2 is 2.06 bits per heavy atom. The van der Waals surface area contributed by atoms with Crippen molar-refractivity contribution in [2.24, 2.45) is 0 Å². The van der Waals surface area contributed by atoms with E-state index in [1.165, 1.54) is 11.3 Å². The molecule has 0 fully saturated rings. The lowest BCUT2D eigenvalue weighted by Gasteiger charge is -2.02. The number of benzene rings is 1. The van der Waals surface area contributed by atoms with Crippen molar-refractivity contribution in [1.82, 2.24) is 4.98 Å². The van der Waals surface area contributed by atoms with E-state index < -0.39 is 0 Å². The van der Waals surface area contributed by atoms with Crippen molar-refractivity contribution in [3.8, 4) is 16.3 Å². The molecule has 0 saturated carbocycles. The van der Waals surface area contributed by atoms with E-state index in [1.807, 2.05) is 38.1 Å². The molecule has 0 bridgehead atoms. The van der Waals surface area contributed by atoms with E-state index in [9.17, 15) is 4.79 Å². The number of thiazole rings is 1. The summed E-state index contributed by atoms with van der Waals surface area (Å²) in [5.41, 5.74) is 1.79. The number of aryl methyl sites for hydroxylation is 1. The van der Waals surface area contributed by atoms with Gasteiger partial charge in [-0.2, -0.15) is 0 Å². The van der Waals surface area contributed by atoms with Crippen LogP contribution in [0.25, 0.3) is 10.6 Å². The Balaban J connectivity index is 2.29. The predicted octanol–water partition coefficient (Wildman–Crippen LogP) is 3.33. The zero-order valence-corrected chi connectivity index (χ0v) is 10.6. The van der Waals surface area contributed by atoms with Crippen LogP contribution in [-0.4, -0.2) is 17.9 Å². The molecule has 0 amide bonds. The van der Waals surface area contributed by atoms with Crippen LogP contribution >= 0.6 is 11.3 Å². The Bertz CT molecular complexity index is 517. The van der Waals surface area contributed by atoms with E-state index in [0.29, 0.717) is 11.5 Å². The van der Waals surface area contributed by atoms with Crippen molar-refractivity contribution in [3.63, 3.8) is 0 Å². The van der Waals surface area contributed by atoms with Crippen molar-refractivity contribution in [3.05, 3.63) is 34.8 Å². The van der Waals surface area contributed by atoms with Crippen LogP contribution in [0, 0.1) is 6.92 Å². The third-order valence-electron chi connectivity index (χ3n) is 2.35. The Morgan fingerprint density at radius 1 is 1.35 bits per heavy atom. The number of carbonyl (C=O) groups is 1. The molecule has 88 valence electrons. The van der Waals surface area contributed by atoms with E-state index in [0.717, 1.165) is 28.3 Å². The fourth-order valence-electron chi connectivity index (χ4n) is 1.50. The van der Waals surface area contributed by atoms with Crippen molar-refractivity contribution in [1.29, 1.82) is 0 Å². The summed E-state index contributed by atoms with van der Waals surface area (Å²) in [5, 5.41) is 0.868. The second-order valence-corrected chi connectivity index (χ2v) is 4.57. The number of hydrogen-bond acceptors (Lipinski definition) is 4. The van der Waals surface area contributed by atoms with Crippen molar-refractivity contribution < 1.29 is 9.53 Å². The van der Waals surface area contributed by atoms with Gasteiger partial charge in [0, 0.05) is 5.56 Å². The second kappa shape index (κ2) is 5.10. The van der Waals surface area contributed by atoms with Crippen LogP contribution < -0.4 is 4.74 Å². The summed E-state index contributed by atoms with van der Waals surface area (Å²) in [4.78, 5) is 15.8. The van der Waals surface area contributed by atoms with Crippen molar-refractivity contribution in [2.45, 2.75) is 13.8 Å². The van der Waals surface area contributed by atoms with Gasteiger partial charge in [-0.25, -0.2) is 4.98 Å². The molecule has 2 aromatic rings. The molecule has 0 N–H and O–H groups in total. The van der Waals surface area contributed by atoms with Crippen molar-refractivity contribution >= 4 is 17.6 Å². The summed E-state index contributed by atoms with van der Waals surface area (Å²) >= 11 is 1.41. The quantitative estimate of drug-likeness (QED) is 0.778. The van der Waals surface area contributed by atoms with Crippen LogP contribution in [0.15, 0.2) is 24.3 Å². The topological polar surface area (TPSA) is 39.2 Å². The monoisotopic (exact) mass is 247 g/mol. The highest BCUT2D eigenvalue weighted by Gasteiger charge is 2.08.